The second-order valence-electron chi connectivity index (χ2n) is 5.40. The first-order valence-corrected chi connectivity index (χ1v) is 7.34. The van der Waals surface area contributed by atoms with Gasteiger partial charge >= 0.3 is 0 Å². The summed E-state index contributed by atoms with van der Waals surface area (Å²) in [5.74, 6) is 0. The summed E-state index contributed by atoms with van der Waals surface area (Å²) in [5, 5.41) is 2.38. The molecule has 102 valence electrons. The van der Waals surface area contributed by atoms with Gasteiger partial charge in [0, 0.05) is 22.5 Å². The molecule has 0 aliphatic carbocycles. The van der Waals surface area contributed by atoms with Crippen molar-refractivity contribution < 1.29 is 0 Å². The fourth-order valence-corrected chi connectivity index (χ4v) is 3.15. The maximum absolute atomic E-state index is 6.43. The van der Waals surface area contributed by atoms with Gasteiger partial charge in [-0.1, -0.05) is 54.1 Å². The minimum atomic E-state index is 1.05. The molecule has 1 aromatic heterocycles. The van der Waals surface area contributed by atoms with Crippen LogP contribution in [0.2, 0.25) is 0 Å². The zero-order valence-electron chi connectivity index (χ0n) is 11.7. The zero-order valence-corrected chi connectivity index (χ0v) is 12.4. The van der Waals surface area contributed by atoms with Crippen LogP contribution in [0.3, 0.4) is 0 Å². The molecule has 2 heteroatoms. The van der Waals surface area contributed by atoms with Crippen molar-refractivity contribution in [2.45, 2.75) is 6.92 Å². The Bertz CT molecular complexity index is 949. The lowest BCUT2D eigenvalue weighted by Crippen LogP contribution is -1.81. The number of fused-ring (bicyclic) bond motifs is 3. The van der Waals surface area contributed by atoms with Gasteiger partial charge in [0.15, 0.2) is 0 Å². The van der Waals surface area contributed by atoms with E-state index < -0.39 is 0 Å². The van der Waals surface area contributed by atoms with Crippen molar-refractivity contribution in [2.75, 3.05) is 0 Å². The molecule has 4 aromatic rings. The van der Waals surface area contributed by atoms with Crippen LogP contribution in [-0.4, -0.2) is 4.09 Å². The minimum Gasteiger partial charge on any atom is -0.252 e. The summed E-state index contributed by atoms with van der Waals surface area (Å²) in [5.41, 5.74) is 5.82. The summed E-state index contributed by atoms with van der Waals surface area (Å²) in [6.45, 7) is 2.11. The van der Waals surface area contributed by atoms with Crippen LogP contribution in [0, 0.1) is 6.92 Å². The predicted octanol–water partition coefficient (Wildman–Crippen LogP) is 5.77. The Morgan fingerprint density at radius 2 is 1.38 bits per heavy atom. The predicted molar refractivity (Wildman–Crippen MR) is 90.9 cm³/mol. The maximum Gasteiger partial charge on any atom is 0.0661 e. The highest BCUT2D eigenvalue weighted by atomic mass is 35.5. The molecule has 0 unspecified atom stereocenters. The molecule has 0 aliphatic rings. The van der Waals surface area contributed by atoms with Gasteiger partial charge in [0.25, 0.3) is 0 Å². The number of para-hydroxylation sites is 1. The third kappa shape index (κ3) is 1.93. The van der Waals surface area contributed by atoms with Crippen LogP contribution in [0.15, 0.2) is 66.7 Å². The summed E-state index contributed by atoms with van der Waals surface area (Å²) < 4.78 is 1.74. The van der Waals surface area contributed by atoms with Crippen molar-refractivity contribution in [3.63, 3.8) is 0 Å². The molecule has 0 saturated carbocycles. The van der Waals surface area contributed by atoms with Crippen molar-refractivity contribution in [3.8, 4) is 11.1 Å². The van der Waals surface area contributed by atoms with Gasteiger partial charge in [-0.15, -0.1) is 0 Å². The van der Waals surface area contributed by atoms with Crippen LogP contribution in [-0.2, 0) is 0 Å². The first-order valence-electron chi connectivity index (χ1n) is 7.00. The average Bonchev–Trinajstić information content (AvgIpc) is 2.81. The standard InChI is InChI=1S/C19H14ClN/c1-13-6-8-14(9-7-13)15-10-11-19-17(12-15)16-4-2-3-5-18(16)21(19)20/h2-12H,1H3. The molecule has 0 radical (unpaired) electrons. The van der Waals surface area contributed by atoms with E-state index in [0.29, 0.717) is 0 Å². The largest absolute Gasteiger partial charge is 0.252 e. The maximum atomic E-state index is 6.43. The highest BCUT2D eigenvalue weighted by Crippen LogP contribution is 2.33. The highest BCUT2D eigenvalue weighted by molar-refractivity contribution is 6.26. The summed E-state index contributed by atoms with van der Waals surface area (Å²) in [6, 6.07) is 23.3. The van der Waals surface area contributed by atoms with E-state index in [1.54, 1.807) is 4.09 Å². The molecule has 1 heterocycles. The number of hydrogen-bond donors (Lipinski definition) is 0. The minimum absolute atomic E-state index is 1.05. The third-order valence-corrected chi connectivity index (χ3v) is 4.36. The van der Waals surface area contributed by atoms with E-state index in [1.165, 1.54) is 27.5 Å². The number of halogens is 1. The number of rotatable bonds is 1. The van der Waals surface area contributed by atoms with Gasteiger partial charge in [-0.3, -0.25) is 4.09 Å². The molecule has 0 N–H and O–H groups in total. The SMILES string of the molecule is Cc1ccc(-c2ccc3c(c2)c2ccccc2n3Cl)cc1. The summed E-state index contributed by atoms with van der Waals surface area (Å²) in [6.07, 6.45) is 0. The van der Waals surface area contributed by atoms with Crippen molar-refractivity contribution in [3.05, 3.63) is 72.3 Å². The highest BCUT2D eigenvalue weighted by Gasteiger charge is 2.09. The molecule has 0 atom stereocenters. The normalized spacial score (nSPS) is 11.3. The smallest absolute Gasteiger partial charge is 0.0661 e. The average molecular weight is 292 g/mol. The lowest BCUT2D eigenvalue weighted by Gasteiger charge is -2.03. The summed E-state index contributed by atoms with van der Waals surface area (Å²) in [7, 11) is 0. The number of benzene rings is 3. The van der Waals surface area contributed by atoms with E-state index in [0.717, 1.165) is 11.0 Å². The first-order chi connectivity index (χ1) is 10.2. The van der Waals surface area contributed by atoms with Crippen molar-refractivity contribution >= 4 is 33.6 Å². The second-order valence-corrected chi connectivity index (χ2v) is 5.73. The van der Waals surface area contributed by atoms with E-state index in [-0.39, 0.29) is 0 Å². The number of hydrogen-bond acceptors (Lipinski definition) is 0. The van der Waals surface area contributed by atoms with Gasteiger partial charge < -0.3 is 0 Å². The van der Waals surface area contributed by atoms with Crippen LogP contribution < -0.4 is 0 Å². The number of aryl methyl sites for hydroxylation is 1. The Kier molecular flexibility index (Phi) is 2.76. The molecular weight excluding hydrogens is 278 g/mol. The zero-order chi connectivity index (χ0) is 14.4. The van der Waals surface area contributed by atoms with E-state index >= 15 is 0 Å². The Hall–Kier alpha value is -2.25. The number of nitrogens with zero attached hydrogens (tertiary/aromatic N) is 1. The molecule has 1 nitrogen and oxygen atoms in total. The van der Waals surface area contributed by atoms with Crippen LogP contribution >= 0.6 is 11.8 Å². The monoisotopic (exact) mass is 291 g/mol. The Balaban J connectivity index is 2.01. The molecule has 0 aliphatic heterocycles. The fraction of sp³-hybridized carbons (Fsp3) is 0.0526. The van der Waals surface area contributed by atoms with E-state index in [2.05, 4.69) is 61.5 Å². The van der Waals surface area contributed by atoms with Crippen LogP contribution in [0.4, 0.5) is 0 Å². The molecule has 21 heavy (non-hydrogen) atoms. The lowest BCUT2D eigenvalue weighted by atomic mass is 10.0. The molecule has 3 aromatic carbocycles. The fourth-order valence-electron chi connectivity index (χ4n) is 2.85. The first kappa shape index (κ1) is 12.5. The van der Waals surface area contributed by atoms with Gasteiger partial charge in [-0.05, 0) is 36.2 Å². The summed E-state index contributed by atoms with van der Waals surface area (Å²) in [4.78, 5) is 0. The second kappa shape index (κ2) is 4.64. The van der Waals surface area contributed by atoms with E-state index in [4.69, 9.17) is 11.8 Å². The Morgan fingerprint density at radius 1 is 0.714 bits per heavy atom. The molecular formula is C19H14ClN. The van der Waals surface area contributed by atoms with Gasteiger partial charge in [0.05, 0.1) is 11.0 Å². The molecule has 0 saturated heterocycles. The van der Waals surface area contributed by atoms with Gasteiger partial charge in [-0.2, -0.15) is 0 Å². The molecule has 0 amide bonds. The van der Waals surface area contributed by atoms with Gasteiger partial charge in [-0.25, -0.2) is 0 Å². The van der Waals surface area contributed by atoms with Gasteiger partial charge in [0.2, 0.25) is 0 Å². The molecule has 4 rings (SSSR count). The van der Waals surface area contributed by atoms with Crippen molar-refractivity contribution in [2.24, 2.45) is 0 Å². The number of aromatic nitrogens is 1. The van der Waals surface area contributed by atoms with Crippen molar-refractivity contribution in [1.82, 2.24) is 4.09 Å². The van der Waals surface area contributed by atoms with Crippen LogP contribution in [0.1, 0.15) is 5.56 Å². The molecule has 0 bridgehead atoms. The Labute approximate surface area is 128 Å². The van der Waals surface area contributed by atoms with E-state index in [1.807, 2.05) is 12.1 Å². The molecule has 0 fully saturated rings. The quantitative estimate of drug-likeness (QED) is 0.419. The third-order valence-electron chi connectivity index (χ3n) is 4.00. The van der Waals surface area contributed by atoms with Crippen LogP contribution in [0.5, 0.6) is 0 Å². The Morgan fingerprint density at radius 3 is 2.19 bits per heavy atom. The van der Waals surface area contributed by atoms with Gasteiger partial charge in [0.1, 0.15) is 0 Å². The lowest BCUT2D eigenvalue weighted by molar-refractivity contribution is 1.39. The summed E-state index contributed by atoms with van der Waals surface area (Å²) >= 11 is 6.43. The molecule has 0 spiro atoms. The van der Waals surface area contributed by atoms with E-state index in [9.17, 15) is 0 Å². The van der Waals surface area contributed by atoms with Crippen LogP contribution in [0.25, 0.3) is 32.9 Å². The topological polar surface area (TPSA) is 4.93 Å². The van der Waals surface area contributed by atoms with Crippen molar-refractivity contribution in [1.29, 1.82) is 0 Å².